The smallest absolute Gasteiger partial charge is 0.148 e. The second kappa shape index (κ2) is 7.88. The van der Waals surface area contributed by atoms with Gasteiger partial charge in [0.05, 0.1) is 4.47 Å². The van der Waals surface area contributed by atoms with E-state index in [1.165, 1.54) is 0 Å². The van der Waals surface area contributed by atoms with E-state index in [0.29, 0.717) is 6.54 Å². The van der Waals surface area contributed by atoms with Crippen molar-refractivity contribution >= 4 is 53.5 Å². The molecule has 0 bridgehead atoms. The molecule has 0 fully saturated rings. The van der Waals surface area contributed by atoms with Crippen molar-refractivity contribution in [2.45, 2.75) is 6.54 Å². The summed E-state index contributed by atoms with van der Waals surface area (Å²) < 4.78 is 8.54. The standard InChI is InChI=1S/C16H12Br3NO/c1-2-7-21-16-11(8-13(18)9-15(16)19)10-20-14-5-3-12(17)4-6-14/h1,3-6,8-9,20H,7,10H2. The van der Waals surface area contributed by atoms with Crippen LogP contribution in [-0.2, 0) is 6.54 Å². The second-order valence-electron chi connectivity index (χ2n) is 4.23. The maximum absolute atomic E-state index is 5.63. The summed E-state index contributed by atoms with van der Waals surface area (Å²) in [6.07, 6.45) is 5.27. The summed E-state index contributed by atoms with van der Waals surface area (Å²) in [5.74, 6) is 3.25. The first-order valence-electron chi connectivity index (χ1n) is 6.14. The van der Waals surface area contributed by atoms with Crippen LogP contribution in [0.3, 0.4) is 0 Å². The van der Waals surface area contributed by atoms with E-state index >= 15 is 0 Å². The van der Waals surface area contributed by atoms with Gasteiger partial charge >= 0.3 is 0 Å². The normalized spacial score (nSPS) is 10.0. The van der Waals surface area contributed by atoms with Crippen molar-refractivity contribution in [3.63, 3.8) is 0 Å². The lowest BCUT2D eigenvalue weighted by Gasteiger charge is -2.14. The highest BCUT2D eigenvalue weighted by atomic mass is 79.9. The zero-order chi connectivity index (χ0) is 15.2. The highest BCUT2D eigenvalue weighted by Gasteiger charge is 2.10. The molecule has 2 nitrogen and oxygen atoms in total. The number of terminal acetylenes is 1. The summed E-state index contributed by atoms with van der Waals surface area (Å²) in [6, 6.07) is 12.0. The van der Waals surface area contributed by atoms with E-state index in [9.17, 15) is 0 Å². The summed E-state index contributed by atoms with van der Waals surface area (Å²) >= 11 is 10.4. The molecule has 2 aromatic carbocycles. The Kier molecular flexibility index (Phi) is 6.16. The first kappa shape index (κ1) is 16.4. The van der Waals surface area contributed by atoms with Crippen molar-refractivity contribution in [2.24, 2.45) is 0 Å². The Morgan fingerprint density at radius 3 is 2.43 bits per heavy atom. The first-order chi connectivity index (χ1) is 10.1. The van der Waals surface area contributed by atoms with Crippen molar-refractivity contribution in [1.29, 1.82) is 0 Å². The Labute approximate surface area is 149 Å². The molecule has 2 rings (SSSR count). The summed E-state index contributed by atoms with van der Waals surface area (Å²) in [7, 11) is 0. The molecular formula is C16H12Br3NO. The predicted molar refractivity (Wildman–Crippen MR) is 97.6 cm³/mol. The minimum absolute atomic E-state index is 0.242. The van der Waals surface area contributed by atoms with Gasteiger partial charge in [0.1, 0.15) is 12.4 Å². The highest BCUT2D eigenvalue weighted by Crippen LogP contribution is 2.33. The SMILES string of the molecule is C#CCOc1c(Br)cc(Br)cc1CNc1ccc(Br)cc1. The molecule has 0 aliphatic carbocycles. The van der Waals surface area contributed by atoms with Crippen LogP contribution < -0.4 is 10.1 Å². The van der Waals surface area contributed by atoms with E-state index in [4.69, 9.17) is 11.2 Å². The van der Waals surface area contributed by atoms with Crippen LogP contribution in [0.25, 0.3) is 0 Å². The van der Waals surface area contributed by atoms with Gasteiger partial charge in [0.2, 0.25) is 0 Å². The van der Waals surface area contributed by atoms with Crippen molar-refractivity contribution in [3.8, 4) is 18.1 Å². The average molecular weight is 474 g/mol. The van der Waals surface area contributed by atoms with E-state index in [0.717, 1.165) is 30.4 Å². The third-order valence-corrected chi connectivity index (χ3v) is 4.29. The molecule has 0 spiro atoms. The van der Waals surface area contributed by atoms with Crippen LogP contribution in [0.2, 0.25) is 0 Å². The predicted octanol–water partition coefficient (Wildman–Crippen LogP) is 5.60. The zero-order valence-corrected chi connectivity index (χ0v) is 15.8. The quantitative estimate of drug-likeness (QED) is 0.571. The van der Waals surface area contributed by atoms with Crippen LogP contribution in [0.4, 0.5) is 5.69 Å². The lowest BCUT2D eigenvalue weighted by molar-refractivity contribution is 0.364. The van der Waals surface area contributed by atoms with Gasteiger partial charge < -0.3 is 10.1 Å². The van der Waals surface area contributed by atoms with Gasteiger partial charge in [-0.2, -0.15) is 0 Å². The van der Waals surface area contributed by atoms with E-state index in [1.54, 1.807) is 0 Å². The molecule has 0 radical (unpaired) electrons. The molecule has 0 aliphatic heterocycles. The number of hydrogen-bond acceptors (Lipinski definition) is 2. The molecule has 0 unspecified atom stereocenters. The third-order valence-electron chi connectivity index (χ3n) is 2.71. The molecule has 0 amide bonds. The Hall–Kier alpha value is -0.960. The van der Waals surface area contributed by atoms with Crippen LogP contribution in [0.15, 0.2) is 49.8 Å². The maximum Gasteiger partial charge on any atom is 0.148 e. The lowest BCUT2D eigenvalue weighted by Crippen LogP contribution is -2.04. The molecule has 0 aromatic heterocycles. The fourth-order valence-electron chi connectivity index (χ4n) is 1.79. The summed E-state index contributed by atoms with van der Waals surface area (Å²) in [5.41, 5.74) is 2.06. The fourth-order valence-corrected chi connectivity index (χ4v) is 3.48. The molecule has 0 atom stereocenters. The van der Waals surface area contributed by atoms with Crippen LogP contribution in [0, 0.1) is 12.3 Å². The van der Waals surface area contributed by atoms with Gasteiger partial charge in [0, 0.05) is 26.7 Å². The molecular weight excluding hydrogens is 462 g/mol. The van der Waals surface area contributed by atoms with Gasteiger partial charge in [-0.15, -0.1) is 6.42 Å². The number of anilines is 1. The number of rotatable bonds is 5. The third kappa shape index (κ3) is 4.77. The van der Waals surface area contributed by atoms with E-state index in [-0.39, 0.29) is 6.61 Å². The Bertz CT molecular complexity index is 662. The Morgan fingerprint density at radius 2 is 1.76 bits per heavy atom. The van der Waals surface area contributed by atoms with Crippen LogP contribution in [-0.4, -0.2) is 6.61 Å². The maximum atomic E-state index is 5.63. The molecule has 0 aliphatic rings. The van der Waals surface area contributed by atoms with Crippen LogP contribution >= 0.6 is 47.8 Å². The van der Waals surface area contributed by atoms with Crippen molar-refractivity contribution in [3.05, 3.63) is 55.4 Å². The fraction of sp³-hybridized carbons (Fsp3) is 0.125. The first-order valence-corrected chi connectivity index (χ1v) is 8.51. The lowest BCUT2D eigenvalue weighted by atomic mass is 10.2. The number of benzene rings is 2. The molecule has 1 N–H and O–H groups in total. The van der Waals surface area contributed by atoms with Gasteiger partial charge in [0.15, 0.2) is 0 Å². The van der Waals surface area contributed by atoms with E-state index in [1.807, 2.05) is 36.4 Å². The Morgan fingerprint density at radius 1 is 1.05 bits per heavy atom. The van der Waals surface area contributed by atoms with Gasteiger partial charge in [-0.25, -0.2) is 0 Å². The number of hydrogen-bond donors (Lipinski definition) is 1. The molecule has 21 heavy (non-hydrogen) atoms. The van der Waals surface area contributed by atoms with E-state index < -0.39 is 0 Å². The van der Waals surface area contributed by atoms with Crippen LogP contribution in [0.1, 0.15) is 5.56 Å². The van der Waals surface area contributed by atoms with Gasteiger partial charge in [-0.05, 0) is 52.3 Å². The van der Waals surface area contributed by atoms with Crippen LogP contribution in [0.5, 0.6) is 5.75 Å². The monoisotopic (exact) mass is 471 g/mol. The topological polar surface area (TPSA) is 21.3 Å². The molecule has 0 saturated heterocycles. The highest BCUT2D eigenvalue weighted by molar-refractivity contribution is 9.11. The average Bonchev–Trinajstić information content (AvgIpc) is 2.45. The summed E-state index contributed by atoms with van der Waals surface area (Å²) in [4.78, 5) is 0. The molecule has 0 heterocycles. The van der Waals surface area contributed by atoms with Crippen molar-refractivity contribution in [1.82, 2.24) is 0 Å². The number of ether oxygens (including phenoxy) is 1. The number of nitrogens with one attached hydrogen (secondary N) is 1. The van der Waals surface area contributed by atoms with E-state index in [2.05, 4.69) is 59.0 Å². The van der Waals surface area contributed by atoms with Gasteiger partial charge in [-0.1, -0.05) is 37.8 Å². The molecule has 5 heteroatoms. The van der Waals surface area contributed by atoms with Crippen molar-refractivity contribution in [2.75, 3.05) is 11.9 Å². The molecule has 0 saturated carbocycles. The Balaban J connectivity index is 2.18. The second-order valence-corrected chi connectivity index (χ2v) is 6.91. The number of halogens is 3. The largest absolute Gasteiger partial charge is 0.479 e. The minimum atomic E-state index is 0.242. The molecule has 108 valence electrons. The van der Waals surface area contributed by atoms with Gasteiger partial charge in [0.25, 0.3) is 0 Å². The van der Waals surface area contributed by atoms with Crippen molar-refractivity contribution < 1.29 is 4.74 Å². The zero-order valence-electron chi connectivity index (χ0n) is 11.0. The summed E-state index contributed by atoms with van der Waals surface area (Å²) in [6.45, 7) is 0.880. The molecule has 2 aromatic rings. The minimum Gasteiger partial charge on any atom is -0.479 e. The van der Waals surface area contributed by atoms with Gasteiger partial charge in [-0.3, -0.25) is 0 Å². The summed E-state index contributed by atoms with van der Waals surface area (Å²) in [5, 5.41) is 3.37.